The van der Waals surface area contributed by atoms with E-state index in [1.54, 1.807) is 12.4 Å². The van der Waals surface area contributed by atoms with Gasteiger partial charge in [-0.1, -0.05) is 0 Å². The molecule has 98 valence electrons. The first-order valence-electron chi connectivity index (χ1n) is 5.57. The van der Waals surface area contributed by atoms with Crippen molar-refractivity contribution in [1.82, 2.24) is 20.5 Å². The zero-order valence-corrected chi connectivity index (χ0v) is 10.1. The molecule has 2 rings (SSSR count). The first-order chi connectivity index (χ1) is 9.08. The number of aromatic amines is 1. The van der Waals surface area contributed by atoms with Gasteiger partial charge in [0, 0.05) is 18.0 Å². The molecule has 1 unspecified atom stereocenters. The summed E-state index contributed by atoms with van der Waals surface area (Å²) in [4.78, 5) is 26.4. The fourth-order valence-electron chi connectivity index (χ4n) is 1.51. The first kappa shape index (κ1) is 12.7. The highest BCUT2D eigenvalue weighted by atomic mass is 16.4. The molecule has 1 amide bonds. The SMILES string of the molecule is CC(NC(=O)c1ccc(C(=O)O)cn1)c1cn[nH]c1. The lowest BCUT2D eigenvalue weighted by molar-refractivity contribution is 0.0695. The van der Waals surface area contributed by atoms with Gasteiger partial charge in [0.2, 0.25) is 0 Å². The minimum absolute atomic E-state index is 0.0411. The summed E-state index contributed by atoms with van der Waals surface area (Å²) in [5.74, 6) is -1.45. The molecule has 1 atom stereocenters. The molecule has 2 aromatic rings. The van der Waals surface area contributed by atoms with Gasteiger partial charge in [0.25, 0.3) is 5.91 Å². The summed E-state index contributed by atoms with van der Waals surface area (Å²) in [7, 11) is 0. The van der Waals surface area contributed by atoms with Gasteiger partial charge in [-0.2, -0.15) is 5.10 Å². The maximum Gasteiger partial charge on any atom is 0.337 e. The summed E-state index contributed by atoms with van der Waals surface area (Å²) in [6.07, 6.45) is 4.46. The van der Waals surface area contributed by atoms with Gasteiger partial charge >= 0.3 is 5.97 Å². The molecule has 0 saturated carbocycles. The number of carboxylic acid groups (broad SMARTS) is 1. The second-order valence-corrected chi connectivity index (χ2v) is 3.96. The average molecular weight is 260 g/mol. The van der Waals surface area contributed by atoms with Crippen molar-refractivity contribution >= 4 is 11.9 Å². The Kier molecular flexibility index (Phi) is 3.56. The lowest BCUT2D eigenvalue weighted by atomic mass is 10.2. The van der Waals surface area contributed by atoms with Crippen LogP contribution in [-0.2, 0) is 0 Å². The summed E-state index contributed by atoms with van der Waals surface area (Å²) in [6.45, 7) is 1.81. The highest BCUT2D eigenvalue weighted by Gasteiger charge is 2.13. The molecule has 0 fully saturated rings. The molecule has 7 heteroatoms. The number of H-pyrrole nitrogens is 1. The van der Waals surface area contributed by atoms with Crippen molar-refractivity contribution in [3.8, 4) is 0 Å². The highest BCUT2D eigenvalue weighted by molar-refractivity contribution is 5.93. The Morgan fingerprint density at radius 3 is 2.68 bits per heavy atom. The number of rotatable bonds is 4. The third kappa shape index (κ3) is 2.95. The fourth-order valence-corrected chi connectivity index (χ4v) is 1.51. The Morgan fingerprint density at radius 2 is 2.16 bits per heavy atom. The molecule has 0 aliphatic heterocycles. The molecule has 0 radical (unpaired) electrons. The van der Waals surface area contributed by atoms with Gasteiger partial charge in [-0.05, 0) is 19.1 Å². The number of aromatic nitrogens is 3. The van der Waals surface area contributed by atoms with Gasteiger partial charge in [0.15, 0.2) is 0 Å². The predicted molar refractivity (Wildman–Crippen MR) is 65.7 cm³/mol. The number of hydrogen-bond acceptors (Lipinski definition) is 4. The van der Waals surface area contributed by atoms with Crippen LogP contribution in [0.2, 0.25) is 0 Å². The monoisotopic (exact) mass is 260 g/mol. The number of hydrogen-bond donors (Lipinski definition) is 3. The van der Waals surface area contributed by atoms with Crippen LogP contribution in [0, 0.1) is 0 Å². The third-order valence-electron chi connectivity index (χ3n) is 2.61. The highest BCUT2D eigenvalue weighted by Crippen LogP contribution is 2.10. The second kappa shape index (κ2) is 5.30. The van der Waals surface area contributed by atoms with E-state index in [0.29, 0.717) is 0 Å². The van der Waals surface area contributed by atoms with Crippen LogP contribution in [0.5, 0.6) is 0 Å². The number of pyridine rings is 1. The number of nitrogens with one attached hydrogen (secondary N) is 2. The summed E-state index contributed by atoms with van der Waals surface area (Å²) in [5, 5.41) is 17.9. The fraction of sp³-hybridized carbons (Fsp3) is 0.167. The lowest BCUT2D eigenvalue weighted by Crippen LogP contribution is -2.27. The standard InChI is InChI=1S/C12H12N4O3/c1-7(9-5-14-15-6-9)16-11(17)10-3-2-8(4-13-10)12(18)19/h2-7H,1H3,(H,14,15)(H,16,17)(H,18,19). The van der Waals surface area contributed by atoms with Crippen molar-refractivity contribution in [2.24, 2.45) is 0 Å². The zero-order valence-electron chi connectivity index (χ0n) is 10.1. The number of amides is 1. The number of carboxylic acids is 1. The molecule has 19 heavy (non-hydrogen) atoms. The topological polar surface area (TPSA) is 108 Å². The van der Waals surface area contributed by atoms with Crippen LogP contribution in [0.1, 0.15) is 39.4 Å². The van der Waals surface area contributed by atoms with Crippen LogP contribution in [-0.4, -0.2) is 32.2 Å². The first-order valence-corrected chi connectivity index (χ1v) is 5.57. The Morgan fingerprint density at radius 1 is 1.37 bits per heavy atom. The minimum atomic E-state index is -1.08. The van der Waals surface area contributed by atoms with E-state index in [1.807, 2.05) is 6.92 Å². The van der Waals surface area contributed by atoms with Crippen molar-refractivity contribution in [3.05, 3.63) is 47.5 Å². The summed E-state index contributed by atoms with van der Waals surface area (Å²) in [6, 6.07) is 2.50. The molecule has 0 saturated heterocycles. The number of carbonyl (C=O) groups excluding carboxylic acids is 1. The Bertz CT molecular complexity index is 578. The molecular formula is C12H12N4O3. The van der Waals surface area contributed by atoms with Gasteiger partial charge in [0.1, 0.15) is 5.69 Å². The molecule has 3 N–H and O–H groups in total. The van der Waals surface area contributed by atoms with Crippen molar-refractivity contribution in [1.29, 1.82) is 0 Å². The Hall–Kier alpha value is -2.70. The van der Waals surface area contributed by atoms with E-state index in [4.69, 9.17) is 5.11 Å². The van der Waals surface area contributed by atoms with E-state index in [9.17, 15) is 9.59 Å². The second-order valence-electron chi connectivity index (χ2n) is 3.96. The lowest BCUT2D eigenvalue weighted by Gasteiger charge is -2.11. The quantitative estimate of drug-likeness (QED) is 0.759. The van der Waals surface area contributed by atoms with Crippen molar-refractivity contribution in [2.45, 2.75) is 13.0 Å². The molecule has 7 nitrogen and oxygen atoms in total. The molecule has 0 spiro atoms. The molecule has 0 aliphatic rings. The minimum Gasteiger partial charge on any atom is -0.478 e. The molecule has 0 aliphatic carbocycles. The normalized spacial score (nSPS) is 11.8. The van der Waals surface area contributed by atoms with Crippen molar-refractivity contribution < 1.29 is 14.7 Å². The number of nitrogens with zero attached hydrogens (tertiary/aromatic N) is 2. The van der Waals surface area contributed by atoms with E-state index in [1.165, 1.54) is 12.1 Å². The van der Waals surface area contributed by atoms with Gasteiger partial charge < -0.3 is 10.4 Å². The van der Waals surface area contributed by atoms with Crippen molar-refractivity contribution in [3.63, 3.8) is 0 Å². The largest absolute Gasteiger partial charge is 0.478 e. The average Bonchev–Trinajstić information content (AvgIpc) is 2.92. The van der Waals surface area contributed by atoms with Crippen LogP contribution >= 0.6 is 0 Å². The summed E-state index contributed by atoms with van der Waals surface area (Å²) >= 11 is 0. The third-order valence-corrected chi connectivity index (χ3v) is 2.61. The number of carbonyl (C=O) groups is 2. The van der Waals surface area contributed by atoms with Crippen LogP contribution in [0.15, 0.2) is 30.7 Å². The van der Waals surface area contributed by atoms with Gasteiger partial charge in [0.05, 0.1) is 17.8 Å². The summed E-state index contributed by atoms with van der Waals surface area (Å²) < 4.78 is 0. The van der Waals surface area contributed by atoms with Crippen LogP contribution in [0.3, 0.4) is 0 Å². The molecule has 0 aromatic carbocycles. The predicted octanol–water partition coefficient (Wildman–Crippen LogP) is 0.994. The van der Waals surface area contributed by atoms with E-state index >= 15 is 0 Å². The molecule has 2 heterocycles. The molecule has 0 bridgehead atoms. The van der Waals surface area contributed by atoms with Gasteiger partial charge in [-0.3, -0.25) is 14.9 Å². The van der Waals surface area contributed by atoms with Crippen LogP contribution in [0.25, 0.3) is 0 Å². The van der Waals surface area contributed by atoms with E-state index in [0.717, 1.165) is 11.8 Å². The summed E-state index contributed by atoms with van der Waals surface area (Å²) in [5.41, 5.74) is 1.05. The maximum absolute atomic E-state index is 11.9. The molecule has 2 aromatic heterocycles. The Balaban J connectivity index is 2.05. The van der Waals surface area contributed by atoms with Crippen LogP contribution < -0.4 is 5.32 Å². The van der Waals surface area contributed by atoms with Gasteiger partial charge in [-0.25, -0.2) is 4.79 Å². The van der Waals surface area contributed by atoms with E-state index in [2.05, 4.69) is 20.5 Å². The van der Waals surface area contributed by atoms with Crippen molar-refractivity contribution in [2.75, 3.05) is 0 Å². The maximum atomic E-state index is 11.9. The van der Waals surface area contributed by atoms with Crippen LogP contribution in [0.4, 0.5) is 0 Å². The smallest absolute Gasteiger partial charge is 0.337 e. The zero-order chi connectivity index (χ0) is 13.8. The Labute approximate surface area is 108 Å². The van der Waals surface area contributed by atoms with E-state index < -0.39 is 5.97 Å². The number of aromatic carboxylic acids is 1. The van der Waals surface area contributed by atoms with Gasteiger partial charge in [-0.15, -0.1) is 0 Å². The van der Waals surface area contributed by atoms with E-state index in [-0.39, 0.29) is 23.2 Å². The molecular weight excluding hydrogens is 248 g/mol.